The van der Waals surface area contributed by atoms with Crippen molar-refractivity contribution in [2.45, 2.75) is 57.6 Å². The van der Waals surface area contributed by atoms with Crippen LogP contribution in [0.15, 0.2) is 18.2 Å². The summed E-state index contributed by atoms with van der Waals surface area (Å²) in [5.41, 5.74) is 6.20. The molecule has 0 radical (unpaired) electrons. The number of anilines is 2. The number of aliphatic hydroxyl groups is 1. The lowest BCUT2D eigenvalue weighted by atomic mass is 10.0. The fraction of sp³-hybridized carbons (Fsp3) is 0.647. The maximum absolute atomic E-state index is 13.9. The molecule has 5 N–H and O–H groups in total. The van der Waals surface area contributed by atoms with Gasteiger partial charge in [0, 0.05) is 12.5 Å². The molecular weight excluding hydrogens is 302 g/mol. The van der Waals surface area contributed by atoms with Crippen LogP contribution in [0.5, 0.6) is 5.75 Å². The van der Waals surface area contributed by atoms with Gasteiger partial charge >= 0.3 is 0 Å². The number of unbranched alkanes of at least 4 members (excludes halogenated alkanes) is 1. The Bertz CT molecular complexity index is 525. The van der Waals surface area contributed by atoms with E-state index in [9.17, 15) is 19.0 Å². The first kappa shape index (κ1) is 17.8. The van der Waals surface area contributed by atoms with E-state index in [4.69, 9.17) is 5.73 Å². The molecule has 23 heavy (non-hydrogen) atoms. The summed E-state index contributed by atoms with van der Waals surface area (Å²) in [5.74, 6) is -1.48. The van der Waals surface area contributed by atoms with Crippen molar-refractivity contribution in [3.05, 3.63) is 18.2 Å². The quantitative estimate of drug-likeness (QED) is 0.240. The van der Waals surface area contributed by atoms with Crippen LogP contribution in [0, 0.1) is 11.8 Å². The van der Waals surface area contributed by atoms with Crippen LogP contribution in [0.25, 0.3) is 0 Å². The average Bonchev–Trinajstić information content (AvgIpc) is 3.14. The van der Waals surface area contributed by atoms with Gasteiger partial charge in [0.15, 0.2) is 0 Å². The summed E-state index contributed by atoms with van der Waals surface area (Å²) < 4.78 is 27.8. The zero-order valence-corrected chi connectivity index (χ0v) is 13.4. The molecule has 2 rings (SSSR count). The van der Waals surface area contributed by atoms with Gasteiger partial charge in [-0.2, -0.15) is 0 Å². The number of phenols is 1. The number of phenolic OH excluding ortho intramolecular Hbond substituents is 1. The van der Waals surface area contributed by atoms with Gasteiger partial charge in [0.2, 0.25) is 0 Å². The van der Waals surface area contributed by atoms with Crippen LogP contribution < -0.4 is 11.1 Å². The van der Waals surface area contributed by atoms with Crippen molar-refractivity contribution < 1.29 is 19.0 Å². The maximum atomic E-state index is 13.9. The minimum Gasteiger partial charge on any atom is -0.508 e. The van der Waals surface area contributed by atoms with E-state index in [0.29, 0.717) is 6.42 Å². The van der Waals surface area contributed by atoms with Crippen LogP contribution in [-0.4, -0.2) is 22.4 Å². The third kappa shape index (κ3) is 5.86. The number of halogens is 2. The number of rotatable bonds is 9. The highest BCUT2D eigenvalue weighted by atomic mass is 19.3. The summed E-state index contributed by atoms with van der Waals surface area (Å²) >= 11 is 0. The predicted octanol–water partition coefficient (Wildman–Crippen LogP) is 3.95. The summed E-state index contributed by atoms with van der Waals surface area (Å²) in [4.78, 5) is 0. The van der Waals surface area contributed by atoms with Crippen molar-refractivity contribution >= 4 is 11.4 Å². The fourth-order valence-corrected chi connectivity index (χ4v) is 2.88. The van der Waals surface area contributed by atoms with Gasteiger partial charge in [0.05, 0.1) is 17.8 Å². The number of nitrogens with two attached hydrogens (primary N) is 1. The number of hydrogen-bond donors (Lipinski definition) is 4. The Hall–Kier alpha value is -1.56. The van der Waals surface area contributed by atoms with E-state index in [1.54, 1.807) is 0 Å². The van der Waals surface area contributed by atoms with Gasteiger partial charge in [-0.15, -0.1) is 0 Å². The lowest BCUT2D eigenvalue weighted by molar-refractivity contribution is -0.0466. The Morgan fingerprint density at radius 1 is 1.39 bits per heavy atom. The van der Waals surface area contributed by atoms with Crippen molar-refractivity contribution in [3.8, 4) is 5.75 Å². The summed E-state index contributed by atoms with van der Waals surface area (Å²) in [6.45, 7) is 2.19. The minimum absolute atomic E-state index is 0.0463. The van der Waals surface area contributed by atoms with Gasteiger partial charge in [0.25, 0.3) is 5.92 Å². The van der Waals surface area contributed by atoms with Gasteiger partial charge in [0.1, 0.15) is 12.0 Å². The topological polar surface area (TPSA) is 78.5 Å². The van der Waals surface area contributed by atoms with Gasteiger partial charge in [-0.25, -0.2) is 8.78 Å². The third-order valence-corrected chi connectivity index (χ3v) is 4.49. The van der Waals surface area contributed by atoms with Gasteiger partial charge < -0.3 is 21.3 Å². The number of hydrogen-bond acceptors (Lipinski definition) is 4. The second-order valence-electron chi connectivity index (χ2n) is 6.71. The molecule has 0 aliphatic heterocycles. The van der Waals surface area contributed by atoms with Crippen molar-refractivity contribution in [2.75, 3.05) is 11.1 Å². The third-order valence-electron chi connectivity index (χ3n) is 4.49. The highest BCUT2D eigenvalue weighted by Gasteiger charge is 2.34. The molecule has 1 aromatic rings. The van der Waals surface area contributed by atoms with Crippen LogP contribution in [0.2, 0.25) is 0 Å². The largest absolute Gasteiger partial charge is 0.508 e. The monoisotopic (exact) mass is 328 g/mol. The molecule has 1 aromatic carbocycles. The normalized spacial score (nSPS) is 21.9. The highest BCUT2D eigenvalue weighted by molar-refractivity contribution is 5.68. The van der Waals surface area contributed by atoms with Crippen LogP contribution in [0.1, 0.15) is 45.4 Å². The summed E-state index contributed by atoms with van der Waals surface area (Å²) in [7, 11) is 0. The standard InChI is InChI=1S/C17H26F2N2O2/c1-11-8-12(11)4-2-3-7-17(18,19)10-16(23)21-15-9-13(22)5-6-14(15)20/h5-6,9,11-12,16,21-23H,2-4,7-8,10,20H2,1H3/t11?,12-,16?/m1/s1. The van der Waals surface area contributed by atoms with E-state index in [-0.39, 0.29) is 23.5 Å². The zero-order chi connectivity index (χ0) is 17.0. The molecular formula is C17H26F2N2O2. The first-order chi connectivity index (χ1) is 10.8. The Kier molecular flexibility index (Phi) is 5.68. The molecule has 0 amide bonds. The number of alkyl halides is 2. The molecule has 3 atom stereocenters. The molecule has 1 saturated carbocycles. The average molecular weight is 328 g/mol. The second kappa shape index (κ2) is 7.34. The minimum atomic E-state index is -2.92. The SMILES string of the molecule is CC1C[C@H]1CCCCC(F)(F)CC(O)Nc1cc(O)ccc1N. The predicted molar refractivity (Wildman–Crippen MR) is 87.5 cm³/mol. The summed E-state index contributed by atoms with van der Waals surface area (Å²) in [6, 6.07) is 4.14. The molecule has 6 heteroatoms. The van der Waals surface area contributed by atoms with Crippen LogP contribution in [-0.2, 0) is 0 Å². The number of nitrogens with one attached hydrogen (secondary N) is 1. The lowest BCUT2D eigenvalue weighted by Gasteiger charge is -2.22. The molecule has 130 valence electrons. The van der Waals surface area contributed by atoms with E-state index in [0.717, 1.165) is 24.7 Å². The number of nitrogen functional groups attached to an aromatic ring is 1. The second-order valence-corrected chi connectivity index (χ2v) is 6.71. The van der Waals surface area contributed by atoms with E-state index in [1.165, 1.54) is 24.6 Å². The van der Waals surface area contributed by atoms with E-state index in [2.05, 4.69) is 12.2 Å². The Labute approximate surface area is 135 Å². The highest BCUT2D eigenvalue weighted by Crippen LogP contribution is 2.42. The maximum Gasteiger partial charge on any atom is 0.252 e. The van der Waals surface area contributed by atoms with Gasteiger partial charge in [-0.05, 0) is 36.8 Å². The number of benzene rings is 1. The fourth-order valence-electron chi connectivity index (χ4n) is 2.88. The summed E-state index contributed by atoms with van der Waals surface area (Å²) in [6.07, 6.45) is 1.22. The lowest BCUT2D eigenvalue weighted by Crippen LogP contribution is -2.29. The van der Waals surface area contributed by atoms with Crippen molar-refractivity contribution in [1.82, 2.24) is 0 Å². The van der Waals surface area contributed by atoms with Crippen molar-refractivity contribution in [3.63, 3.8) is 0 Å². The van der Waals surface area contributed by atoms with Gasteiger partial charge in [-0.3, -0.25) is 0 Å². The first-order valence-corrected chi connectivity index (χ1v) is 8.18. The molecule has 1 aliphatic rings. The molecule has 4 nitrogen and oxygen atoms in total. The van der Waals surface area contributed by atoms with Crippen LogP contribution in [0.3, 0.4) is 0 Å². The molecule has 1 aliphatic carbocycles. The molecule has 0 saturated heterocycles. The number of aliphatic hydroxyl groups excluding tert-OH is 1. The van der Waals surface area contributed by atoms with E-state index < -0.39 is 18.6 Å². The van der Waals surface area contributed by atoms with Gasteiger partial charge in [-0.1, -0.05) is 19.8 Å². The molecule has 0 spiro atoms. The Morgan fingerprint density at radius 3 is 2.74 bits per heavy atom. The Balaban J connectivity index is 1.73. The Morgan fingerprint density at radius 2 is 2.09 bits per heavy atom. The first-order valence-electron chi connectivity index (χ1n) is 8.18. The molecule has 0 aromatic heterocycles. The van der Waals surface area contributed by atoms with Crippen molar-refractivity contribution in [2.24, 2.45) is 11.8 Å². The molecule has 2 unspecified atom stereocenters. The zero-order valence-electron chi connectivity index (χ0n) is 13.4. The molecule has 1 fully saturated rings. The smallest absolute Gasteiger partial charge is 0.252 e. The summed E-state index contributed by atoms with van der Waals surface area (Å²) in [5, 5.41) is 21.7. The number of aromatic hydroxyl groups is 1. The van der Waals surface area contributed by atoms with E-state index in [1.807, 2.05) is 0 Å². The molecule has 0 heterocycles. The van der Waals surface area contributed by atoms with Crippen molar-refractivity contribution in [1.29, 1.82) is 0 Å². The molecule has 0 bridgehead atoms. The van der Waals surface area contributed by atoms with Crippen LogP contribution >= 0.6 is 0 Å². The van der Waals surface area contributed by atoms with Crippen LogP contribution in [0.4, 0.5) is 20.2 Å². The van der Waals surface area contributed by atoms with E-state index >= 15 is 0 Å².